The van der Waals surface area contributed by atoms with Crippen molar-refractivity contribution < 1.29 is 4.79 Å². The van der Waals surface area contributed by atoms with Crippen LogP contribution in [0.4, 0.5) is 11.5 Å². The van der Waals surface area contributed by atoms with Gasteiger partial charge in [0.2, 0.25) is 0 Å². The molecule has 6 nitrogen and oxygen atoms in total. The summed E-state index contributed by atoms with van der Waals surface area (Å²) >= 11 is 0. The summed E-state index contributed by atoms with van der Waals surface area (Å²) < 4.78 is 0. The number of rotatable bonds is 6. The van der Waals surface area contributed by atoms with Gasteiger partial charge < -0.3 is 10.2 Å². The molecule has 0 aliphatic rings. The molecule has 1 aromatic carbocycles. The zero-order valence-corrected chi connectivity index (χ0v) is 13.3. The van der Waals surface area contributed by atoms with Crippen LogP contribution in [0.25, 0.3) is 0 Å². The van der Waals surface area contributed by atoms with Crippen molar-refractivity contribution in [2.45, 2.75) is 19.8 Å². The molecule has 0 fully saturated rings. The largest absolute Gasteiger partial charge is 0.340 e. The molecule has 0 saturated carbocycles. The van der Waals surface area contributed by atoms with E-state index >= 15 is 0 Å². The number of nitriles is 1. The van der Waals surface area contributed by atoms with E-state index in [0.717, 1.165) is 18.5 Å². The summed E-state index contributed by atoms with van der Waals surface area (Å²) in [4.78, 5) is 13.8. The molecule has 23 heavy (non-hydrogen) atoms. The highest BCUT2D eigenvalue weighted by Gasteiger charge is 2.13. The second kappa shape index (κ2) is 7.90. The molecule has 0 bridgehead atoms. The average Bonchev–Trinajstić information content (AvgIpc) is 2.60. The van der Waals surface area contributed by atoms with E-state index in [0.29, 0.717) is 23.6 Å². The number of carbonyl (C=O) groups excluding carboxylic acids is 1. The van der Waals surface area contributed by atoms with Crippen molar-refractivity contribution in [2.24, 2.45) is 0 Å². The topological polar surface area (TPSA) is 81.9 Å². The van der Waals surface area contributed by atoms with Gasteiger partial charge in [-0.05, 0) is 42.8 Å². The zero-order chi connectivity index (χ0) is 16.7. The average molecular weight is 309 g/mol. The minimum absolute atomic E-state index is 0.129. The van der Waals surface area contributed by atoms with E-state index in [1.54, 1.807) is 48.3 Å². The molecule has 2 aromatic rings. The lowest BCUT2D eigenvalue weighted by atomic mass is 10.2. The lowest BCUT2D eigenvalue weighted by molar-refractivity contribution is 0.0786. The molecule has 0 atom stereocenters. The Morgan fingerprint density at radius 2 is 1.96 bits per heavy atom. The van der Waals surface area contributed by atoms with Crippen LogP contribution in [0, 0.1) is 11.3 Å². The van der Waals surface area contributed by atoms with Gasteiger partial charge in [-0.15, -0.1) is 10.2 Å². The highest BCUT2D eigenvalue weighted by atomic mass is 16.2. The van der Waals surface area contributed by atoms with Gasteiger partial charge in [0.1, 0.15) is 0 Å². The van der Waals surface area contributed by atoms with Gasteiger partial charge in [-0.25, -0.2) is 0 Å². The Morgan fingerprint density at radius 1 is 1.22 bits per heavy atom. The Balaban J connectivity index is 2.01. The van der Waals surface area contributed by atoms with E-state index in [9.17, 15) is 4.79 Å². The highest BCUT2D eigenvalue weighted by molar-refractivity contribution is 5.92. The van der Waals surface area contributed by atoms with Crippen LogP contribution >= 0.6 is 0 Å². The van der Waals surface area contributed by atoms with Crippen molar-refractivity contribution >= 4 is 17.4 Å². The standard InChI is InChI=1S/C17H19N5O/c1-3-4-11-22(2)17(23)15-9-10-16(21-20-15)19-14-7-5-13(12-18)6-8-14/h5-10H,3-4,11H2,1-2H3,(H,19,21). The van der Waals surface area contributed by atoms with E-state index in [-0.39, 0.29) is 5.91 Å². The fourth-order valence-electron chi connectivity index (χ4n) is 1.98. The van der Waals surface area contributed by atoms with Gasteiger partial charge in [-0.3, -0.25) is 4.79 Å². The third-order valence-corrected chi connectivity index (χ3v) is 3.36. The normalized spacial score (nSPS) is 9.96. The summed E-state index contributed by atoms with van der Waals surface area (Å²) in [7, 11) is 1.77. The summed E-state index contributed by atoms with van der Waals surface area (Å²) in [6.45, 7) is 2.80. The summed E-state index contributed by atoms with van der Waals surface area (Å²) in [5.74, 6) is 0.415. The van der Waals surface area contributed by atoms with E-state index in [1.165, 1.54) is 0 Å². The molecular formula is C17H19N5O. The van der Waals surface area contributed by atoms with Crippen molar-refractivity contribution in [3.8, 4) is 6.07 Å². The van der Waals surface area contributed by atoms with Crippen molar-refractivity contribution in [1.82, 2.24) is 15.1 Å². The summed E-state index contributed by atoms with van der Waals surface area (Å²) in [5.41, 5.74) is 1.73. The minimum atomic E-state index is -0.129. The molecule has 118 valence electrons. The molecule has 2 rings (SSSR count). The van der Waals surface area contributed by atoms with Gasteiger partial charge in [-0.2, -0.15) is 5.26 Å². The van der Waals surface area contributed by atoms with Crippen LogP contribution in [0.1, 0.15) is 35.8 Å². The smallest absolute Gasteiger partial charge is 0.274 e. The molecule has 0 radical (unpaired) electrons. The van der Waals surface area contributed by atoms with Crippen molar-refractivity contribution in [3.05, 3.63) is 47.7 Å². The van der Waals surface area contributed by atoms with Gasteiger partial charge in [0, 0.05) is 19.3 Å². The first kappa shape index (κ1) is 16.4. The number of anilines is 2. The Labute approximate surface area is 135 Å². The second-order valence-electron chi connectivity index (χ2n) is 5.20. The van der Waals surface area contributed by atoms with Crippen LogP contribution in [0.3, 0.4) is 0 Å². The fourth-order valence-corrected chi connectivity index (χ4v) is 1.98. The highest BCUT2D eigenvalue weighted by Crippen LogP contribution is 2.14. The van der Waals surface area contributed by atoms with Gasteiger partial charge in [0.05, 0.1) is 11.6 Å². The Kier molecular flexibility index (Phi) is 5.64. The third-order valence-electron chi connectivity index (χ3n) is 3.36. The molecular weight excluding hydrogens is 290 g/mol. The van der Waals surface area contributed by atoms with E-state index in [4.69, 9.17) is 5.26 Å². The summed E-state index contributed by atoms with van der Waals surface area (Å²) in [6.07, 6.45) is 2.00. The Bertz CT molecular complexity index is 688. The van der Waals surface area contributed by atoms with Gasteiger partial charge >= 0.3 is 0 Å². The maximum Gasteiger partial charge on any atom is 0.274 e. The Hall–Kier alpha value is -2.94. The monoisotopic (exact) mass is 309 g/mol. The maximum atomic E-state index is 12.2. The van der Waals surface area contributed by atoms with Crippen LogP contribution in [0.5, 0.6) is 0 Å². The number of hydrogen-bond donors (Lipinski definition) is 1. The van der Waals surface area contributed by atoms with Crippen molar-refractivity contribution in [1.29, 1.82) is 5.26 Å². The number of amides is 1. The van der Waals surface area contributed by atoms with Crippen LogP contribution in [-0.2, 0) is 0 Å². The maximum absolute atomic E-state index is 12.2. The zero-order valence-electron chi connectivity index (χ0n) is 13.3. The van der Waals surface area contributed by atoms with Crippen LogP contribution < -0.4 is 5.32 Å². The molecule has 1 heterocycles. The first-order valence-corrected chi connectivity index (χ1v) is 7.50. The molecule has 1 aromatic heterocycles. The fraction of sp³-hybridized carbons (Fsp3) is 0.294. The predicted octanol–water partition coefficient (Wildman–Crippen LogP) is 2.96. The molecule has 0 aliphatic carbocycles. The first-order chi connectivity index (χ1) is 11.1. The molecule has 0 aliphatic heterocycles. The minimum Gasteiger partial charge on any atom is -0.340 e. The number of aromatic nitrogens is 2. The molecule has 6 heteroatoms. The number of unbranched alkanes of at least 4 members (excludes halogenated alkanes) is 1. The second-order valence-corrected chi connectivity index (χ2v) is 5.20. The van der Waals surface area contributed by atoms with Gasteiger partial charge in [-0.1, -0.05) is 13.3 Å². The first-order valence-electron chi connectivity index (χ1n) is 7.50. The molecule has 0 saturated heterocycles. The molecule has 1 amide bonds. The number of hydrogen-bond acceptors (Lipinski definition) is 5. The number of carbonyl (C=O) groups is 1. The third kappa shape index (κ3) is 4.51. The van der Waals surface area contributed by atoms with Crippen molar-refractivity contribution in [2.75, 3.05) is 18.9 Å². The Morgan fingerprint density at radius 3 is 2.52 bits per heavy atom. The van der Waals surface area contributed by atoms with Crippen LogP contribution in [-0.4, -0.2) is 34.6 Å². The van der Waals surface area contributed by atoms with Crippen molar-refractivity contribution in [3.63, 3.8) is 0 Å². The lowest BCUT2D eigenvalue weighted by Crippen LogP contribution is -2.28. The van der Waals surface area contributed by atoms with Crippen LogP contribution in [0.2, 0.25) is 0 Å². The van der Waals surface area contributed by atoms with Gasteiger partial charge in [0.15, 0.2) is 11.5 Å². The summed E-state index contributed by atoms with van der Waals surface area (Å²) in [6, 6.07) is 12.5. The predicted molar refractivity (Wildman–Crippen MR) is 88.3 cm³/mol. The summed E-state index contributed by atoms with van der Waals surface area (Å²) in [5, 5.41) is 19.9. The van der Waals surface area contributed by atoms with Crippen LogP contribution in [0.15, 0.2) is 36.4 Å². The SMILES string of the molecule is CCCCN(C)C(=O)c1ccc(Nc2ccc(C#N)cc2)nn1. The number of nitrogens with one attached hydrogen (secondary N) is 1. The lowest BCUT2D eigenvalue weighted by Gasteiger charge is -2.15. The van der Waals surface area contributed by atoms with E-state index in [2.05, 4.69) is 28.5 Å². The molecule has 0 unspecified atom stereocenters. The molecule has 0 spiro atoms. The van der Waals surface area contributed by atoms with Gasteiger partial charge in [0.25, 0.3) is 5.91 Å². The van der Waals surface area contributed by atoms with E-state index in [1.807, 2.05) is 0 Å². The molecule has 1 N–H and O–H groups in total. The number of nitrogens with zero attached hydrogens (tertiary/aromatic N) is 4. The van der Waals surface area contributed by atoms with E-state index < -0.39 is 0 Å². The quantitative estimate of drug-likeness (QED) is 0.887. The number of benzene rings is 1.